The van der Waals surface area contributed by atoms with Gasteiger partial charge in [0, 0.05) is 25.7 Å². The summed E-state index contributed by atoms with van der Waals surface area (Å²) in [6, 6.07) is 0.311. The van der Waals surface area contributed by atoms with Gasteiger partial charge in [-0.1, -0.05) is 27.7 Å². The topological polar surface area (TPSA) is 61.4 Å². The lowest BCUT2D eigenvalue weighted by Gasteiger charge is -2.28. The third kappa shape index (κ3) is 9.82. The van der Waals surface area contributed by atoms with Crippen molar-refractivity contribution >= 4 is 10.0 Å². The molecule has 0 aromatic rings. The lowest BCUT2D eigenvalue weighted by Crippen LogP contribution is -2.42. The molecule has 0 heterocycles. The summed E-state index contributed by atoms with van der Waals surface area (Å²) in [5.74, 6) is 0.128. The highest BCUT2D eigenvalue weighted by molar-refractivity contribution is 7.89. The molecule has 0 saturated carbocycles. The maximum atomic E-state index is 11.8. The number of hydrogen-bond donors (Lipinski definition) is 2. The lowest BCUT2D eigenvalue weighted by molar-refractivity contribution is 0.242. The standard InChI is InChI=1S/C12H29N3O2S/c1-11(2)13-7-8-18(16,17)14-9-12(3,4)10-15(5)6/h11,13-14H,7-10H2,1-6H3. The predicted octanol–water partition coefficient (Wildman–Crippen LogP) is 0.492. The summed E-state index contributed by atoms with van der Waals surface area (Å²) in [7, 11) is 0.801. The summed E-state index contributed by atoms with van der Waals surface area (Å²) in [4.78, 5) is 2.06. The first-order valence-corrected chi connectivity index (χ1v) is 8.05. The van der Waals surface area contributed by atoms with E-state index < -0.39 is 10.0 Å². The first-order valence-electron chi connectivity index (χ1n) is 6.39. The van der Waals surface area contributed by atoms with Crippen molar-refractivity contribution in [3.63, 3.8) is 0 Å². The zero-order valence-electron chi connectivity index (χ0n) is 12.6. The fourth-order valence-corrected chi connectivity index (χ4v) is 2.91. The van der Waals surface area contributed by atoms with Crippen LogP contribution in [0.3, 0.4) is 0 Å². The molecule has 2 N–H and O–H groups in total. The fourth-order valence-electron chi connectivity index (χ4n) is 1.77. The van der Waals surface area contributed by atoms with Crippen LogP contribution in [0.15, 0.2) is 0 Å². The van der Waals surface area contributed by atoms with Gasteiger partial charge in [-0.05, 0) is 19.5 Å². The van der Waals surface area contributed by atoms with E-state index in [0.717, 1.165) is 6.54 Å². The van der Waals surface area contributed by atoms with Crippen LogP contribution in [-0.4, -0.2) is 58.8 Å². The van der Waals surface area contributed by atoms with Crippen LogP contribution in [0.2, 0.25) is 0 Å². The Kier molecular flexibility index (Phi) is 7.36. The molecule has 0 unspecified atom stereocenters. The van der Waals surface area contributed by atoms with E-state index in [0.29, 0.717) is 19.1 Å². The molecule has 18 heavy (non-hydrogen) atoms. The molecule has 0 aromatic carbocycles. The molecule has 0 amide bonds. The van der Waals surface area contributed by atoms with E-state index >= 15 is 0 Å². The molecule has 5 nitrogen and oxygen atoms in total. The molecular weight excluding hydrogens is 250 g/mol. The van der Waals surface area contributed by atoms with Crippen LogP contribution in [0.25, 0.3) is 0 Å². The summed E-state index contributed by atoms with van der Waals surface area (Å²) in [5.41, 5.74) is -0.0674. The van der Waals surface area contributed by atoms with Gasteiger partial charge in [-0.25, -0.2) is 13.1 Å². The summed E-state index contributed by atoms with van der Waals surface area (Å²) in [5, 5.41) is 3.10. The Morgan fingerprint density at radius 1 is 1.22 bits per heavy atom. The van der Waals surface area contributed by atoms with Crippen LogP contribution in [0.4, 0.5) is 0 Å². The second-order valence-electron chi connectivity index (χ2n) is 6.15. The zero-order chi connectivity index (χ0) is 14.4. The second-order valence-corrected chi connectivity index (χ2v) is 8.08. The molecule has 6 heteroatoms. The van der Waals surface area contributed by atoms with Gasteiger partial charge in [-0.3, -0.25) is 0 Å². The SMILES string of the molecule is CC(C)NCCS(=O)(=O)NCC(C)(C)CN(C)C. The van der Waals surface area contributed by atoms with Gasteiger partial charge in [-0.2, -0.15) is 0 Å². The van der Waals surface area contributed by atoms with Crippen LogP contribution in [-0.2, 0) is 10.0 Å². The molecule has 0 aliphatic carbocycles. The van der Waals surface area contributed by atoms with E-state index in [4.69, 9.17) is 0 Å². The Morgan fingerprint density at radius 3 is 2.22 bits per heavy atom. The van der Waals surface area contributed by atoms with E-state index in [2.05, 4.69) is 28.8 Å². The molecule has 0 rings (SSSR count). The molecular formula is C12H29N3O2S. The molecule has 0 atom stereocenters. The number of nitrogens with zero attached hydrogens (tertiary/aromatic N) is 1. The van der Waals surface area contributed by atoms with Crippen molar-refractivity contribution in [2.24, 2.45) is 5.41 Å². The highest BCUT2D eigenvalue weighted by Crippen LogP contribution is 2.14. The van der Waals surface area contributed by atoms with Gasteiger partial charge in [0.15, 0.2) is 0 Å². The van der Waals surface area contributed by atoms with Crippen molar-refractivity contribution in [3.8, 4) is 0 Å². The second kappa shape index (κ2) is 7.43. The quantitative estimate of drug-likeness (QED) is 0.645. The van der Waals surface area contributed by atoms with E-state index in [1.807, 2.05) is 27.9 Å². The van der Waals surface area contributed by atoms with Crippen LogP contribution in [0.1, 0.15) is 27.7 Å². The van der Waals surface area contributed by atoms with Gasteiger partial charge in [0.25, 0.3) is 0 Å². The maximum Gasteiger partial charge on any atom is 0.212 e. The van der Waals surface area contributed by atoms with Crippen molar-refractivity contribution < 1.29 is 8.42 Å². The molecule has 0 bridgehead atoms. The van der Waals surface area contributed by atoms with Gasteiger partial charge in [0.05, 0.1) is 5.75 Å². The minimum atomic E-state index is -3.18. The van der Waals surface area contributed by atoms with Crippen molar-refractivity contribution in [1.29, 1.82) is 0 Å². The largest absolute Gasteiger partial charge is 0.313 e. The molecule has 0 saturated heterocycles. The average Bonchev–Trinajstić information content (AvgIpc) is 2.12. The normalized spacial score (nSPS) is 13.6. The molecule has 0 aliphatic heterocycles. The number of rotatable bonds is 9. The van der Waals surface area contributed by atoms with E-state index in [9.17, 15) is 8.42 Å². The number of sulfonamides is 1. The number of hydrogen-bond acceptors (Lipinski definition) is 4. The van der Waals surface area contributed by atoms with E-state index in [-0.39, 0.29) is 11.2 Å². The van der Waals surface area contributed by atoms with Gasteiger partial charge >= 0.3 is 0 Å². The minimum absolute atomic E-state index is 0.0674. The highest BCUT2D eigenvalue weighted by Gasteiger charge is 2.21. The van der Waals surface area contributed by atoms with Gasteiger partial charge in [0.2, 0.25) is 10.0 Å². The van der Waals surface area contributed by atoms with Gasteiger partial charge < -0.3 is 10.2 Å². The van der Waals surface area contributed by atoms with Crippen LogP contribution < -0.4 is 10.0 Å². The first kappa shape index (κ1) is 17.8. The molecule has 0 aromatic heterocycles. The van der Waals surface area contributed by atoms with Gasteiger partial charge in [-0.15, -0.1) is 0 Å². The van der Waals surface area contributed by atoms with Crippen molar-refractivity contribution in [1.82, 2.24) is 14.9 Å². The molecule has 0 fully saturated rings. The van der Waals surface area contributed by atoms with E-state index in [1.165, 1.54) is 0 Å². The Morgan fingerprint density at radius 2 is 1.78 bits per heavy atom. The Hall–Kier alpha value is -0.170. The van der Waals surface area contributed by atoms with Gasteiger partial charge in [0.1, 0.15) is 0 Å². The molecule has 110 valence electrons. The summed E-state index contributed by atoms with van der Waals surface area (Å²) < 4.78 is 26.2. The highest BCUT2D eigenvalue weighted by atomic mass is 32.2. The fraction of sp³-hybridized carbons (Fsp3) is 1.00. The van der Waals surface area contributed by atoms with E-state index in [1.54, 1.807) is 0 Å². The van der Waals surface area contributed by atoms with Crippen LogP contribution >= 0.6 is 0 Å². The Bertz CT molecular complexity index is 324. The number of nitrogens with one attached hydrogen (secondary N) is 2. The molecule has 0 spiro atoms. The Balaban J connectivity index is 4.10. The van der Waals surface area contributed by atoms with Crippen molar-refractivity contribution in [2.45, 2.75) is 33.7 Å². The monoisotopic (exact) mass is 279 g/mol. The van der Waals surface area contributed by atoms with Crippen LogP contribution in [0, 0.1) is 5.41 Å². The summed E-state index contributed by atoms with van der Waals surface area (Å²) in [6.07, 6.45) is 0. The summed E-state index contributed by atoms with van der Waals surface area (Å²) in [6.45, 7) is 9.92. The van der Waals surface area contributed by atoms with Crippen molar-refractivity contribution in [3.05, 3.63) is 0 Å². The lowest BCUT2D eigenvalue weighted by atomic mass is 9.93. The third-order valence-corrected chi connectivity index (χ3v) is 3.76. The average molecular weight is 279 g/mol. The van der Waals surface area contributed by atoms with Crippen molar-refractivity contribution in [2.75, 3.05) is 39.5 Å². The zero-order valence-corrected chi connectivity index (χ0v) is 13.4. The Labute approximate surface area is 112 Å². The third-order valence-electron chi connectivity index (χ3n) is 2.44. The summed E-state index contributed by atoms with van der Waals surface area (Å²) >= 11 is 0. The smallest absolute Gasteiger partial charge is 0.212 e. The predicted molar refractivity (Wildman–Crippen MR) is 77.3 cm³/mol. The first-order chi connectivity index (χ1) is 8.04. The maximum absolute atomic E-state index is 11.8. The minimum Gasteiger partial charge on any atom is -0.313 e. The molecule has 0 radical (unpaired) electrons. The molecule has 0 aliphatic rings. The van der Waals surface area contributed by atoms with Crippen LogP contribution in [0.5, 0.6) is 0 Å².